The van der Waals surface area contributed by atoms with Crippen molar-refractivity contribution < 1.29 is 4.79 Å². The highest BCUT2D eigenvalue weighted by molar-refractivity contribution is 9.11. The summed E-state index contributed by atoms with van der Waals surface area (Å²) in [6, 6.07) is 9.45. The number of carbonyl (C=O) groups excluding carboxylic acids is 1. The molecule has 0 spiro atoms. The van der Waals surface area contributed by atoms with E-state index in [4.69, 9.17) is 0 Å². The number of aromatic nitrogens is 3. The average Bonchev–Trinajstić information content (AvgIpc) is 2.49. The zero-order valence-electron chi connectivity index (χ0n) is 10.5. The second kappa shape index (κ2) is 5.87. The van der Waals surface area contributed by atoms with Crippen LogP contribution in [0.25, 0.3) is 10.8 Å². The summed E-state index contributed by atoms with van der Waals surface area (Å²) < 4.78 is 1.03. The summed E-state index contributed by atoms with van der Waals surface area (Å²) in [7, 11) is 0. The Kier molecular flexibility index (Phi) is 3.94. The molecule has 0 saturated carbocycles. The fraction of sp³-hybridized carbons (Fsp3) is 0. The van der Waals surface area contributed by atoms with Gasteiger partial charge in [-0.05, 0) is 43.3 Å². The standard InChI is InChI=1S/C14H8Br2N4O/c15-10-7-18-13(12(16)19-10)20-14(21)11-9-4-2-1-3-8(9)5-6-17-11/h1-7H,(H,18,20,21). The fourth-order valence-electron chi connectivity index (χ4n) is 1.90. The minimum Gasteiger partial charge on any atom is -0.303 e. The third-order valence-electron chi connectivity index (χ3n) is 2.82. The Bertz CT molecular complexity index is 833. The molecule has 1 aromatic carbocycles. The summed E-state index contributed by atoms with van der Waals surface area (Å²) >= 11 is 6.47. The third kappa shape index (κ3) is 2.93. The van der Waals surface area contributed by atoms with Crippen molar-refractivity contribution in [2.24, 2.45) is 0 Å². The molecule has 0 fully saturated rings. The number of carbonyl (C=O) groups is 1. The van der Waals surface area contributed by atoms with Gasteiger partial charge in [0, 0.05) is 11.6 Å². The first kappa shape index (κ1) is 14.1. The van der Waals surface area contributed by atoms with Crippen molar-refractivity contribution >= 4 is 54.4 Å². The molecular formula is C14H8Br2N4O. The van der Waals surface area contributed by atoms with Crippen molar-refractivity contribution in [3.63, 3.8) is 0 Å². The Labute approximate surface area is 137 Å². The zero-order valence-corrected chi connectivity index (χ0v) is 13.7. The SMILES string of the molecule is O=C(Nc1ncc(Br)nc1Br)c1nccc2ccccc12. The summed E-state index contributed by atoms with van der Waals surface area (Å²) in [5.41, 5.74) is 0.352. The molecular weight excluding hydrogens is 400 g/mol. The number of fused-ring (bicyclic) bond motifs is 1. The molecule has 104 valence electrons. The highest BCUT2D eigenvalue weighted by Crippen LogP contribution is 2.21. The van der Waals surface area contributed by atoms with E-state index in [1.165, 1.54) is 6.20 Å². The zero-order chi connectivity index (χ0) is 14.8. The quantitative estimate of drug-likeness (QED) is 0.701. The van der Waals surface area contributed by atoms with E-state index in [-0.39, 0.29) is 5.91 Å². The lowest BCUT2D eigenvalue weighted by Gasteiger charge is -2.07. The van der Waals surface area contributed by atoms with E-state index < -0.39 is 0 Å². The molecule has 0 atom stereocenters. The molecule has 1 N–H and O–H groups in total. The van der Waals surface area contributed by atoms with E-state index in [0.717, 1.165) is 10.8 Å². The van der Waals surface area contributed by atoms with Gasteiger partial charge in [0.25, 0.3) is 5.91 Å². The average molecular weight is 408 g/mol. The van der Waals surface area contributed by atoms with Crippen LogP contribution in [0.1, 0.15) is 10.5 Å². The van der Waals surface area contributed by atoms with Gasteiger partial charge in [0.15, 0.2) is 5.82 Å². The van der Waals surface area contributed by atoms with Gasteiger partial charge in [-0.15, -0.1) is 0 Å². The second-order valence-corrected chi connectivity index (χ2v) is 5.73. The number of hydrogen-bond donors (Lipinski definition) is 1. The van der Waals surface area contributed by atoms with Crippen molar-refractivity contribution in [3.05, 3.63) is 57.6 Å². The summed E-state index contributed by atoms with van der Waals surface area (Å²) in [6.45, 7) is 0. The summed E-state index contributed by atoms with van der Waals surface area (Å²) in [4.78, 5) is 24.8. The number of halogens is 2. The van der Waals surface area contributed by atoms with Crippen LogP contribution in [0.5, 0.6) is 0 Å². The van der Waals surface area contributed by atoms with E-state index in [0.29, 0.717) is 20.7 Å². The molecule has 21 heavy (non-hydrogen) atoms. The largest absolute Gasteiger partial charge is 0.303 e. The molecule has 0 aliphatic rings. The first-order chi connectivity index (χ1) is 10.1. The van der Waals surface area contributed by atoms with Gasteiger partial charge in [0.1, 0.15) is 14.9 Å². The first-order valence-electron chi connectivity index (χ1n) is 5.98. The van der Waals surface area contributed by atoms with Crippen LogP contribution in [-0.4, -0.2) is 20.9 Å². The van der Waals surface area contributed by atoms with E-state index in [1.807, 2.05) is 30.3 Å². The third-order valence-corrected chi connectivity index (χ3v) is 3.76. The van der Waals surface area contributed by atoms with E-state index in [1.54, 1.807) is 6.20 Å². The van der Waals surface area contributed by atoms with Crippen molar-refractivity contribution in [2.45, 2.75) is 0 Å². The number of nitrogens with zero attached hydrogens (tertiary/aromatic N) is 3. The highest BCUT2D eigenvalue weighted by atomic mass is 79.9. The van der Waals surface area contributed by atoms with E-state index >= 15 is 0 Å². The lowest BCUT2D eigenvalue weighted by molar-refractivity contribution is 0.102. The fourth-order valence-corrected chi connectivity index (χ4v) is 2.81. The predicted molar refractivity (Wildman–Crippen MR) is 87.1 cm³/mol. The van der Waals surface area contributed by atoms with Crippen LogP contribution >= 0.6 is 31.9 Å². The van der Waals surface area contributed by atoms with Gasteiger partial charge in [-0.1, -0.05) is 24.3 Å². The summed E-state index contributed by atoms with van der Waals surface area (Å²) in [6.07, 6.45) is 3.12. The lowest BCUT2D eigenvalue weighted by atomic mass is 10.1. The van der Waals surface area contributed by atoms with Crippen LogP contribution in [0.15, 0.2) is 51.9 Å². The van der Waals surface area contributed by atoms with Crippen molar-refractivity contribution in [3.8, 4) is 0 Å². The van der Waals surface area contributed by atoms with Crippen molar-refractivity contribution in [1.29, 1.82) is 0 Å². The number of nitrogens with one attached hydrogen (secondary N) is 1. The normalized spacial score (nSPS) is 10.6. The number of rotatable bonds is 2. The molecule has 0 aliphatic carbocycles. The Morgan fingerprint density at radius 1 is 1.10 bits per heavy atom. The Morgan fingerprint density at radius 3 is 2.71 bits per heavy atom. The maximum Gasteiger partial charge on any atom is 0.276 e. The lowest BCUT2D eigenvalue weighted by Crippen LogP contribution is -2.15. The molecule has 3 aromatic rings. The maximum atomic E-state index is 12.4. The number of amides is 1. The summed E-state index contributed by atoms with van der Waals surface area (Å²) in [5.74, 6) is 0.0158. The first-order valence-corrected chi connectivity index (χ1v) is 7.57. The molecule has 0 bridgehead atoms. The minimum atomic E-state index is -0.330. The molecule has 7 heteroatoms. The van der Waals surface area contributed by atoms with E-state index in [2.05, 4.69) is 52.1 Å². The molecule has 0 saturated heterocycles. The predicted octanol–water partition coefficient (Wildman–Crippen LogP) is 3.80. The monoisotopic (exact) mass is 406 g/mol. The van der Waals surface area contributed by atoms with Gasteiger partial charge in [0.05, 0.1) is 6.20 Å². The topological polar surface area (TPSA) is 67.8 Å². The molecule has 3 rings (SSSR count). The van der Waals surface area contributed by atoms with Crippen molar-refractivity contribution in [1.82, 2.24) is 15.0 Å². The number of anilines is 1. The summed E-state index contributed by atoms with van der Waals surface area (Å²) in [5, 5.41) is 4.45. The van der Waals surface area contributed by atoms with Crippen LogP contribution in [0, 0.1) is 0 Å². The highest BCUT2D eigenvalue weighted by Gasteiger charge is 2.14. The minimum absolute atomic E-state index is 0.330. The van der Waals surface area contributed by atoms with Gasteiger partial charge < -0.3 is 5.32 Å². The molecule has 5 nitrogen and oxygen atoms in total. The molecule has 2 heterocycles. The molecule has 2 aromatic heterocycles. The smallest absolute Gasteiger partial charge is 0.276 e. The number of pyridine rings is 1. The Balaban J connectivity index is 1.97. The van der Waals surface area contributed by atoms with E-state index in [9.17, 15) is 4.79 Å². The van der Waals surface area contributed by atoms with Gasteiger partial charge >= 0.3 is 0 Å². The van der Waals surface area contributed by atoms with Crippen LogP contribution in [0.3, 0.4) is 0 Å². The van der Waals surface area contributed by atoms with Crippen molar-refractivity contribution in [2.75, 3.05) is 5.32 Å². The Hall–Kier alpha value is -1.86. The van der Waals surface area contributed by atoms with Crippen LogP contribution in [-0.2, 0) is 0 Å². The molecule has 1 amide bonds. The van der Waals surface area contributed by atoms with Gasteiger partial charge in [-0.25, -0.2) is 9.97 Å². The molecule has 0 radical (unpaired) electrons. The van der Waals surface area contributed by atoms with Gasteiger partial charge in [0.2, 0.25) is 0 Å². The van der Waals surface area contributed by atoms with Gasteiger partial charge in [-0.3, -0.25) is 9.78 Å². The Morgan fingerprint density at radius 2 is 1.90 bits per heavy atom. The number of benzene rings is 1. The maximum absolute atomic E-state index is 12.4. The second-order valence-electron chi connectivity index (χ2n) is 4.17. The van der Waals surface area contributed by atoms with Crippen LogP contribution < -0.4 is 5.32 Å². The molecule has 0 aliphatic heterocycles. The van der Waals surface area contributed by atoms with Crippen LogP contribution in [0.2, 0.25) is 0 Å². The molecule has 0 unspecified atom stereocenters. The van der Waals surface area contributed by atoms with Crippen LogP contribution in [0.4, 0.5) is 5.82 Å². The van der Waals surface area contributed by atoms with Gasteiger partial charge in [-0.2, -0.15) is 0 Å². The number of hydrogen-bond acceptors (Lipinski definition) is 4.